The van der Waals surface area contributed by atoms with E-state index in [-0.39, 0.29) is 21.9 Å². The molecule has 1 heterocycles. The van der Waals surface area contributed by atoms with E-state index in [4.69, 9.17) is 0 Å². The topological polar surface area (TPSA) is 3.24 Å². The van der Waals surface area contributed by atoms with E-state index in [1.807, 2.05) is 0 Å². The molecule has 0 N–H and O–H groups in total. The number of likely N-dealkylation sites (tertiary alicyclic amines) is 1. The van der Waals surface area contributed by atoms with Gasteiger partial charge < -0.3 is 0 Å². The number of hydrogen-bond acceptors (Lipinski definition) is 1. The minimum atomic E-state index is 0.159. The second-order valence-electron chi connectivity index (χ2n) is 10.7. The first kappa shape index (κ1) is 20.0. The van der Waals surface area contributed by atoms with E-state index in [9.17, 15) is 0 Å². The van der Waals surface area contributed by atoms with Crippen molar-refractivity contribution < 1.29 is 0 Å². The molecule has 132 valence electrons. The summed E-state index contributed by atoms with van der Waals surface area (Å²) in [6.45, 7) is 29.7. The van der Waals surface area contributed by atoms with Crippen LogP contribution in [-0.4, -0.2) is 23.0 Å². The third-order valence-corrected chi connectivity index (χ3v) is 8.32. The molecule has 0 bridgehead atoms. The van der Waals surface area contributed by atoms with Gasteiger partial charge in [0.25, 0.3) is 0 Å². The fraction of sp³-hybridized carbons (Fsp3) is 1.00. The zero-order valence-electron chi connectivity index (χ0n) is 17.8. The summed E-state index contributed by atoms with van der Waals surface area (Å²) in [5.41, 5.74) is 0.838. The van der Waals surface area contributed by atoms with Crippen molar-refractivity contribution in [3.63, 3.8) is 0 Å². The van der Waals surface area contributed by atoms with Crippen molar-refractivity contribution in [3.8, 4) is 0 Å². The van der Waals surface area contributed by atoms with Crippen molar-refractivity contribution in [1.82, 2.24) is 4.90 Å². The van der Waals surface area contributed by atoms with Gasteiger partial charge in [-0.2, -0.15) is 0 Å². The van der Waals surface area contributed by atoms with Crippen LogP contribution in [0.5, 0.6) is 0 Å². The average Bonchev–Trinajstić information content (AvgIpc) is 2.33. The zero-order chi connectivity index (χ0) is 17.9. The third-order valence-electron chi connectivity index (χ3n) is 8.32. The molecule has 0 radical (unpaired) electrons. The van der Waals surface area contributed by atoms with E-state index in [1.54, 1.807) is 0 Å². The van der Waals surface area contributed by atoms with Gasteiger partial charge in [0, 0.05) is 11.1 Å². The summed E-state index contributed by atoms with van der Waals surface area (Å²) in [4.78, 5) is 2.68. The predicted molar refractivity (Wildman–Crippen MR) is 100 cm³/mol. The molecule has 0 aromatic rings. The van der Waals surface area contributed by atoms with Crippen molar-refractivity contribution in [2.75, 3.05) is 7.05 Å². The summed E-state index contributed by atoms with van der Waals surface area (Å²) in [5.74, 6) is 2.81. The van der Waals surface area contributed by atoms with Gasteiger partial charge in [-0.25, -0.2) is 0 Å². The first-order valence-electron chi connectivity index (χ1n) is 9.28. The molecule has 1 aliphatic rings. The van der Waals surface area contributed by atoms with Crippen molar-refractivity contribution in [2.24, 2.45) is 34.5 Å². The van der Waals surface area contributed by atoms with Crippen LogP contribution in [0.4, 0.5) is 0 Å². The average molecular weight is 310 g/mol. The molecule has 0 aromatic carbocycles. The zero-order valence-corrected chi connectivity index (χ0v) is 17.8. The normalized spacial score (nSPS) is 34.0. The Morgan fingerprint density at radius 2 is 0.818 bits per heavy atom. The van der Waals surface area contributed by atoms with Gasteiger partial charge >= 0.3 is 0 Å². The summed E-state index contributed by atoms with van der Waals surface area (Å²) in [5, 5.41) is 0. The van der Waals surface area contributed by atoms with Crippen LogP contribution in [0.25, 0.3) is 0 Å². The van der Waals surface area contributed by atoms with E-state index in [0.717, 1.165) is 0 Å². The molecule has 1 aliphatic heterocycles. The highest BCUT2D eigenvalue weighted by Crippen LogP contribution is 2.61. The Kier molecular flexibility index (Phi) is 5.00. The Labute approximate surface area is 141 Å². The van der Waals surface area contributed by atoms with E-state index < -0.39 is 0 Å². The van der Waals surface area contributed by atoms with Gasteiger partial charge in [-0.15, -0.1) is 0 Å². The molecular weight excluding hydrogens is 266 g/mol. The highest BCUT2D eigenvalue weighted by Gasteiger charge is 2.62. The lowest BCUT2D eigenvalue weighted by atomic mass is 9.52. The highest BCUT2D eigenvalue weighted by molar-refractivity contribution is 5.14. The number of hydrogen-bond donors (Lipinski definition) is 0. The lowest BCUT2D eigenvalue weighted by Gasteiger charge is -2.56. The lowest BCUT2D eigenvalue weighted by Crippen LogP contribution is -2.62. The Morgan fingerprint density at radius 1 is 0.591 bits per heavy atom. The van der Waals surface area contributed by atoms with E-state index in [1.165, 1.54) is 0 Å². The summed E-state index contributed by atoms with van der Waals surface area (Å²) >= 11 is 0. The van der Waals surface area contributed by atoms with Crippen molar-refractivity contribution in [3.05, 3.63) is 0 Å². The molecule has 0 amide bonds. The van der Waals surface area contributed by atoms with Gasteiger partial charge in [0.15, 0.2) is 0 Å². The molecule has 22 heavy (non-hydrogen) atoms. The van der Waals surface area contributed by atoms with Crippen molar-refractivity contribution >= 4 is 0 Å². The molecule has 2 atom stereocenters. The molecule has 1 heteroatoms. The standard InChI is InChI=1S/C21H43N/c1-14(2)16-17(15(3)4)19(7,8)21(11,12)22(13)20(9,10)18(16,5)6/h14-17H,1-13H3. The fourth-order valence-corrected chi connectivity index (χ4v) is 5.77. The quantitative estimate of drug-likeness (QED) is 0.597. The fourth-order valence-electron chi connectivity index (χ4n) is 5.77. The molecular formula is C21H43N. The minimum absolute atomic E-state index is 0.159. The summed E-state index contributed by atoms with van der Waals surface area (Å²) in [7, 11) is 2.35. The van der Waals surface area contributed by atoms with Crippen LogP contribution in [0, 0.1) is 34.5 Å². The third kappa shape index (κ3) is 2.46. The van der Waals surface area contributed by atoms with Crippen molar-refractivity contribution in [2.45, 2.75) is 94.2 Å². The van der Waals surface area contributed by atoms with Gasteiger partial charge in [0.2, 0.25) is 0 Å². The lowest BCUT2D eigenvalue weighted by molar-refractivity contribution is -0.0637. The predicted octanol–water partition coefficient (Wildman–Crippen LogP) is 6.09. The van der Waals surface area contributed by atoms with Crippen molar-refractivity contribution in [1.29, 1.82) is 0 Å². The molecule has 2 unspecified atom stereocenters. The SMILES string of the molecule is CC(C)C1C(C(C)C)C(C)(C)C(C)(C)N(C)C(C)(C)C1(C)C. The van der Waals surface area contributed by atoms with E-state index >= 15 is 0 Å². The molecule has 0 aromatic heterocycles. The molecule has 1 rings (SSSR count). The molecule has 1 saturated heterocycles. The highest BCUT2D eigenvalue weighted by atomic mass is 15.3. The van der Waals surface area contributed by atoms with Crippen LogP contribution >= 0.6 is 0 Å². The van der Waals surface area contributed by atoms with Gasteiger partial charge in [-0.1, -0.05) is 55.4 Å². The van der Waals surface area contributed by atoms with Gasteiger partial charge in [-0.05, 0) is 69.2 Å². The Morgan fingerprint density at radius 3 is 1.00 bits per heavy atom. The van der Waals surface area contributed by atoms with Gasteiger partial charge in [-0.3, -0.25) is 4.90 Å². The molecule has 1 nitrogen and oxygen atoms in total. The van der Waals surface area contributed by atoms with E-state index in [2.05, 4.69) is 95.0 Å². The smallest absolute Gasteiger partial charge is 0.0209 e. The second kappa shape index (κ2) is 5.50. The molecule has 0 saturated carbocycles. The Bertz CT molecular complexity index is 360. The summed E-state index contributed by atoms with van der Waals surface area (Å²) in [6.07, 6.45) is 0. The number of rotatable bonds is 2. The Balaban J connectivity index is 3.76. The summed E-state index contributed by atoms with van der Waals surface area (Å²) in [6, 6.07) is 0. The van der Waals surface area contributed by atoms with E-state index in [0.29, 0.717) is 23.7 Å². The number of nitrogens with zero attached hydrogens (tertiary/aromatic N) is 1. The minimum Gasteiger partial charge on any atom is -0.295 e. The monoisotopic (exact) mass is 309 g/mol. The van der Waals surface area contributed by atoms with Crippen LogP contribution in [0.1, 0.15) is 83.1 Å². The molecule has 0 aliphatic carbocycles. The van der Waals surface area contributed by atoms with Gasteiger partial charge in [0.05, 0.1) is 0 Å². The first-order chi connectivity index (χ1) is 9.54. The maximum atomic E-state index is 2.68. The maximum Gasteiger partial charge on any atom is 0.0209 e. The van der Waals surface area contributed by atoms with Crippen LogP contribution in [0.3, 0.4) is 0 Å². The van der Waals surface area contributed by atoms with Crippen LogP contribution in [0.15, 0.2) is 0 Å². The first-order valence-corrected chi connectivity index (χ1v) is 9.28. The maximum absolute atomic E-state index is 2.68. The van der Waals surface area contributed by atoms with Crippen LogP contribution in [-0.2, 0) is 0 Å². The Hall–Kier alpha value is -0.0400. The largest absolute Gasteiger partial charge is 0.295 e. The second-order valence-corrected chi connectivity index (χ2v) is 10.7. The van der Waals surface area contributed by atoms with Gasteiger partial charge in [0.1, 0.15) is 0 Å². The molecule has 1 fully saturated rings. The molecule has 0 spiro atoms. The summed E-state index contributed by atoms with van der Waals surface area (Å²) < 4.78 is 0. The van der Waals surface area contributed by atoms with Crippen LogP contribution in [0.2, 0.25) is 0 Å². The van der Waals surface area contributed by atoms with Crippen LogP contribution < -0.4 is 0 Å².